The number of Topliss-reactive ketones (excluding diaryl/α,β-unsaturated/α-hetero) is 1. The van der Waals surface area contributed by atoms with Crippen LogP contribution in [0.1, 0.15) is 67.8 Å². The zero-order chi connectivity index (χ0) is 21.8. The van der Waals surface area contributed by atoms with E-state index in [0.717, 1.165) is 10.2 Å². The van der Waals surface area contributed by atoms with Crippen molar-refractivity contribution in [3.63, 3.8) is 0 Å². The van der Waals surface area contributed by atoms with Crippen LogP contribution in [0.4, 0.5) is 5.88 Å². The summed E-state index contributed by atoms with van der Waals surface area (Å²) in [7, 11) is 0. The molecule has 1 aromatic carbocycles. The summed E-state index contributed by atoms with van der Waals surface area (Å²) in [4.78, 5) is 23.8. The molecule has 0 unspecified atom stereocenters. The van der Waals surface area contributed by atoms with Crippen LogP contribution in [0.25, 0.3) is 0 Å². The van der Waals surface area contributed by atoms with Gasteiger partial charge >= 0.3 is 0 Å². The number of carbonyl (C=O) groups is 2. The monoisotopic (exact) mass is 460 g/mol. The van der Waals surface area contributed by atoms with E-state index in [2.05, 4.69) is 42.0 Å². The lowest BCUT2D eigenvalue weighted by Gasteiger charge is -2.20. The number of nitrogens with zero attached hydrogens (tertiary/aromatic N) is 1. The maximum absolute atomic E-state index is 12.2. The number of halogens is 1. The molecule has 0 radical (unpaired) electrons. The van der Waals surface area contributed by atoms with Crippen LogP contribution in [-0.4, -0.2) is 18.3 Å². The minimum atomic E-state index is -0.309. The van der Waals surface area contributed by atoms with E-state index in [4.69, 9.17) is 9.15 Å². The molecule has 7 heteroatoms. The van der Waals surface area contributed by atoms with Crippen molar-refractivity contribution in [1.29, 1.82) is 5.26 Å². The molecule has 0 bridgehead atoms. The molecular formula is C22H25BrN2O4. The number of furan rings is 1. The Bertz CT molecular complexity index is 964. The Hall–Kier alpha value is -2.59. The second kappa shape index (κ2) is 9.27. The molecule has 2 aromatic rings. The van der Waals surface area contributed by atoms with Gasteiger partial charge in [0.05, 0.1) is 16.6 Å². The van der Waals surface area contributed by atoms with Gasteiger partial charge in [0.1, 0.15) is 23.1 Å². The van der Waals surface area contributed by atoms with E-state index in [1.165, 1.54) is 12.5 Å². The Balaban J connectivity index is 1.90. The average Bonchev–Trinajstić information content (AvgIpc) is 2.93. The zero-order valence-electron chi connectivity index (χ0n) is 17.3. The topological polar surface area (TPSA) is 92.3 Å². The fourth-order valence-electron chi connectivity index (χ4n) is 2.85. The summed E-state index contributed by atoms with van der Waals surface area (Å²) in [6.07, 6.45) is 0.679. The van der Waals surface area contributed by atoms with Gasteiger partial charge in [-0.1, -0.05) is 26.8 Å². The van der Waals surface area contributed by atoms with Crippen LogP contribution in [-0.2, 0) is 10.2 Å². The molecule has 6 nitrogen and oxygen atoms in total. The summed E-state index contributed by atoms with van der Waals surface area (Å²) in [5, 5.41) is 11.8. The minimum absolute atomic E-state index is 0.0154. The molecule has 0 saturated carbocycles. The number of carbonyl (C=O) groups excluding carboxylic acids is 2. The van der Waals surface area contributed by atoms with Crippen molar-refractivity contribution in [2.75, 3.05) is 11.9 Å². The number of ketones is 1. The van der Waals surface area contributed by atoms with Crippen LogP contribution in [0.5, 0.6) is 5.75 Å². The van der Waals surface area contributed by atoms with Gasteiger partial charge in [0.25, 0.3) is 0 Å². The number of nitriles is 1. The molecule has 0 aliphatic heterocycles. The van der Waals surface area contributed by atoms with Crippen molar-refractivity contribution in [3.05, 3.63) is 45.1 Å². The van der Waals surface area contributed by atoms with Gasteiger partial charge in [-0.25, -0.2) is 0 Å². The van der Waals surface area contributed by atoms with Crippen molar-refractivity contribution in [3.8, 4) is 11.8 Å². The van der Waals surface area contributed by atoms with Gasteiger partial charge in [0, 0.05) is 6.42 Å². The van der Waals surface area contributed by atoms with Crippen LogP contribution in [0.15, 0.2) is 27.1 Å². The molecule has 0 aliphatic rings. The Morgan fingerprint density at radius 1 is 1.31 bits per heavy atom. The molecule has 0 spiro atoms. The minimum Gasteiger partial charge on any atom is -0.492 e. The third kappa shape index (κ3) is 5.70. The summed E-state index contributed by atoms with van der Waals surface area (Å²) < 4.78 is 12.0. The molecule has 0 aliphatic carbocycles. The largest absolute Gasteiger partial charge is 0.492 e. The van der Waals surface area contributed by atoms with Crippen molar-refractivity contribution in [1.82, 2.24) is 0 Å². The Labute approximate surface area is 179 Å². The summed E-state index contributed by atoms with van der Waals surface area (Å²) in [5.41, 5.74) is 1.51. The number of benzene rings is 1. The fraction of sp³-hybridized carbons (Fsp3) is 0.409. The number of amides is 1. The summed E-state index contributed by atoms with van der Waals surface area (Å²) in [6.45, 7) is 9.74. The fourth-order valence-corrected chi connectivity index (χ4v) is 3.34. The predicted molar refractivity (Wildman–Crippen MR) is 114 cm³/mol. The second-order valence-electron chi connectivity index (χ2n) is 7.80. The van der Waals surface area contributed by atoms with Gasteiger partial charge in [-0.2, -0.15) is 5.26 Å². The van der Waals surface area contributed by atoms with Gasteiger partial charge in [0.15, 0.2) is 5.78 Å². The number of rotatable bonds is 7. The highest BCUT2D eigenvalue weighted by Gasteiger charge is 2.22. The molecule has 2 rings (SSSR count). The van der Waals surface area contributed by atoms with Gasteiger partial charge in [-0.15, -0.1) is 0 Å². The average molecular weight is 461 g/mol. The van der Waals surface area contributed by atoms with Crippen LogP contribution >= 0.6 is 15.9 Å². The first kappa shape index (κ1) is 22.7. The maximum Gasteiger partial charge on any atom is 0.226 e. The zero-order valence-corrected chi connectivity index (χ0v) is 18.9. The van der Waals surface area contributed by atoms with Crippen LogP contribution in [0.3, 0.4) is 0 Å². The first-order valence-corrected chi connectivity index (χ1v) is 10.1. The van der Waals surface area contributed by atoms with E-state index in [-0.39, 0.29) is 40.5 Å². The maximum atomic E-state index is 12.2. The van der Waals surface area contributed by atoms with Crippen LogP contribution in [0.2, 0.25) is 0 Å². The first-order chi connectivity index (χ1) is 13.5. The van der Waals surface area contributed by atoms with Gasteiger partial charge in [0.2, 0.25) is 11.8 Å². The van der Waals surface area contributed by atoms with E-state index >= 15 is 0 Å². The Kier molecular flexibility index (Phi) is 7.26. The number of nitrogens with one attached hydrogen (secondary N) is 1. The van der Waals surface area contributed by atoms with Crippen molar-refractivity contribution < 1.29 is 18.7 Å². The van der Waals surface area contributed by atoms with Crippen LogP contribution in [0, 0.1) is 18.3 Å². The molecule has 1 amide bonds. The van der Waals surface area contributed by atoms with Gasteiger partial charge in [-0.3, -0.25) is 14.9 Å². The Morgan fingerprint density at radius 2 is 2.00 bits per heavy atom. The highest BCUT2D eigenvalue weighted by Crippen LogP contribution is 2.31. The molecule has 0 fully saturated rings. The molecule has 1 heterocycles. The molecule has 1 N–H and O–H groups in total. The van der Waals surface area contributed by atoms with E-state index in [1.54, 1.807) is 6.92 Å². The standard InChI is InChI=1S/C22H25BrN2O4/c1-13(26)20-14(2)29-21(16(20)12-24)25-19(27)7-6-10-28-18-9-8-15(11-17(18)23)22(3,4)5/h8-9,11H,6-7,10H2,1-5H3,(H,25,27). The number of hydrogen-bond acceptors (Lipinski definition) is 5. The van der Waals surface area contributed by atoms with E-state index in [9.17, 15) is 14.9 Å². The molecular weight excluding hydrogens is 436 g/mol. The molecule has 154 valence electrons. The highest BCUT2D eigenvalue weighted by atomic mass is 79.9. The highest BCUT2D eigenvalue weighted by molar-refractivity contribution is 9.10. The van der Waals surface area contributed by atoms with Crippen molar-refractivity contribution >= 4 is 33.5 Å². The third-order valence-corrected chi connectivity index (χ3v) is 5.02. The molecule has 0 atom stereocenters. The lowest BCUT2D eigenvalue weighted by molar-refractivity contribution is -0.116. The smallest absolute Gasteiger partial charge is 0.226 e. The first-order valence-electron chi connectivity index (χ1n) is 9.31. The van der Waals surface area contributed by atoms with Gasteiger partial charge < -0.3 is 9.15 Å². The third-order valence-electron chi connectivity index (χ3n) is 4.40. The molecule has 1 aromatic heterocycles. The molecule has 29 heavy (non-hydrogen) atoms. The Morgan fingerprint density at radius 3 is 2.55 bits per heavy atom. The van der Waals surface area contributed by atoms with E-state index < -0.39 is 0 Å². The summed E-state index contributed by atoms with van der Waals surface area (Å²) in [6, 6.07) is 7.91. The lowest BCUT2D eigenvalue weighted by Crippen LogP contribution is -2.13. The van der Waals surface area contributed by atoms with E-state index in [0.29, 0.717) is 18.8 Å². The normalized spacial score (nSPS) is 11.1. The molecule has 0 saturated heterocycles. The number of hydrogen-bond donors (Lipinski definition) is 1. The quantitative estimate of drug-likeness (QED) is 0.433. The number of anilines is 1. The summed E-state index contributed by atoms with van der Waals surface area (Å²) in [5.74, 6) is 0.464. The van der Waals surface area contributed by atoms with E-state index in [1.807, 2.05) is 24.3 Å². The lowest BCUT2D eigenvalue weighted by atomic mass is 9.87. The van der Waals surface area contributed by atoms with Crippen LogP contribution < -0.4 is 10.1 Å². The second-order valence-corrected chi connectivity index (χ2v) is 8.66. The number of ether oxygens (including phenoxy) is 1. The van der Waals surface area contributed by atoms with Crippen molar-refractivity contribution in [2.24, 2.45) is 0 Å². The van der Waals surface area contributed by atoms with Gasteiger partial charge in [-0.05, 0) is 59.3 Å². The van der Waals surface area contributed by atoms with Crippen molar-refractivity contribution in [2.45, 2.75) is 52.9 Å². The predicted octanol–water partition coefficient (Wildman–Crippen LogP) is 5.52. The number of aryl methyl sites for hydroxylation is 1. The SMILES string of the molecule is CC(=O)c1c(C)oc(NC(=O)CCCOc2ccc(C(C)(C)C)cc2Br)c1C#N. The summed E-state index contributed by atoms with van der Waals surface area (Å²) >= 11 is 3.53.